The number of halogens is 4. The predicted molar refractivity (Wildman–Crippen MR) is 69.9 cm³/mol. The maximum Gasteiger partial charge on any atom is 0.417 e. The number of alkyl halides is 3. The molecule has 1 aromatic carbocycles. The molecule has 0 bridgehead atoms. The number of rotatable bonds is 3. The highest BCUT2D eigenvalue weighted by atomic mass is 79.9. The third-order valence-corrected chi connectivity index (χ3v) is 3.24. The van der Waals surface area contributed by atoms with Crippen LogP contribution in [0.5, 0.6) is 0 Å². The van der Waals surface area contributed by atoms with Gasteiger partial charge in [-0.1, -0.05) is 28.0 Å². The average molecular weight is 350 g/mol. The van der Waals surface area contributed by atoms with Crippen molar-refractivity contribution in [3.63, 3.8) is 0 Å². The van der Waals surface area contributed by atoms with Gasteiger partial charge in [-0.2, -0.15) is 18.2 Å². The molecule has 0 amide bonds. The molecular formula is C12H11BrF3N3O. The van der Waals surface area contributed by atoms with Crippen LogP contribution >= 0.6 is 15.9 Å². The van der Waals surface area contributed by atoms with Crippen molar-refractivity contribution in [1.82, 2.24) is 10.1 Å². The van der Waals surface area contributed by atoms with Crippen LogP contribution in [0, 0.1) is 0 Å². The van der Waals surface area contributed by atoms with E-state index in [4.69, 9.17) is 10.3 Å². The van der Waals surface area contributed by atoms with Gasteiger partial charge < -0.3 is 10.3 Å². The van der Waals surface area contributed by atoms with Crippen LogP contribution in [0.25, 0.3) is 11.4 Å². The molecule has 1 heterocycles. The Kier molecular flexibility index (Phi) is 4.14. The monoisotopic (exact) mass is 349 g/mol. The molecule has 1 aromatic heterocycles. The molecule has 0 spiro atoms. The molecule has 0 saturated heterocycles. The van der Waals surface area contributed by atoms with Crippen LogP contribution in [0.15, 0.2) is 27.2 Å². The van der Waals surface area contributed by atoms with E-state index in [1.807, 2.05) is 0 Å². The largest absolute Gasteiger partial charge is 0.417 e. The van der Waals surface area contributed by atoms with E-state index in [9.17, 15) is 13.2 Å². The quantitative estimate of drug-likeness (QED) is 0.919. The highest BCUT2D eigenvalue weighted by molar-refractivity contribution is 9.10. The van der Waals surface area contributed by atoms with E-state index in [1.165, 1.54) is 12.1 Å². The van der Waals surface area contributed by atoms with Gasteiger partial charge in [-0.05, 0) is 18.2 Å². The lowest BCUT2D eigenvalue weighted by Crippen LogP contribution is -2.09. The molecule has 1 atom stereocenters. The van der Waals surface area contributed by atoms with Crippen molar-refractivity contribution in [3.8, 4) is 11.4 Å². The SMILES string of the molecule is CC(CN)c1nc(-c2ccc(Br)cc2C(F)(F)F)no1. The first kappa shape index (κ1) is 15.0. The number of aromatic nitrogens is 2. The molecule has 0 aliphatic heterocycles. The van der Waals surface area contributed by atoms with E-state index in [0.717, 1.165) is 6.07 Å². The molecule has 0 saturated carbocycles. The van der Waals surface area contributed by atoms with Gasteiger partial charge in [0.25, 0.3) is 0 Å². The van der Waals surface area contributed by atoms with Crippen LogP contribution < -0.4 is 5.73 Å². The molecule has 108 valence electrons. The minimum Gasteiger partial charge on any atom is -0.339 e. The maximum atomic E-state index is 13.0. The van der Waals surface area contributed by atoms with E-state index in [2.05, 4.69) is 26.1 Å². The van der Waals surface area contributed by atoms with Gasteiger partial charge in [-0.25, -0.2) is 0 Å². The summed E-state index contributed by atoms with van der Waals surface area (Å²) in [7, 11) is 0. The van der Waals surface area contributed by atoms with Crippen molar-refractivity contribution < 1.29 is 17.7 Å². The molecule has 0 aliphatic carbocycles. The Hall–Kier alpha value is -1.41. The fourth-order valence-corrected chi connectivity index (χ4v) is 1.95. The van der Waals surface area contributed by atoms with Crippen LogP contribution in [0.4, 0.5) is 13.2 Å². The first-order valence-electron chi connectivity index (χ1n) is 5.73. The molecule has 8 heteroatoms. The Bertz CT molecular complexity index is 612. The smallest absolute Gasteiger partial charge is 0.339 e. The summed E-state index contributed by atoms with van der Waals surface area (Å²) in [5.74, 6) is -0.0836. The molecule has 0 radical (unpaired) electrons. The van der Waals surface area contributed by atoms with Gasteiger partial charge in [0.05, 0.1) is 5.56 Å². The second kappa shape index (κ2) is 5.53. The summed E-state index contributed by atoms with van der Waals surface area (Å²) in [6.07, 6.45) is -4.50. The van der Waals surface area contributed by atoms with Crippen LogP contribution in [0.2, 0.25) is 0 Å². The summed E-state index contributed by atoms with van der Waals surface area (Å²) in [6.45, 7) is 2.03. The average Bonchev–Trinajstić information content (AvgIpc) is 2.86. The molecule has 1 unspecified atom stereocenters. The number of hydrogen-bond donors (Lipinski definition) is 1. The summed E-state index contributed by atoms with van der Waals surface area (Å²) in [4.78, 5) is 3.98. The number of benzene rings is 1. The first-order valence-corrected chi connectivity index (χ1v) is 6.53. The minimum atomic E-state index is -4.50. The van der Waals surface area contributed by atoms with Crippen molar-refractivity contribution in [2.75, 3.05) is 6.54 Å². The molecule has 2 rings (SSSR count). The Labute approximate surface area is 121 Å². The van der Waals surface area contributed by atoms with E-state index in [-0.39, 0.29) is 29.7 Å². The minimum absolute atomic E-state index is 0.0971. The maximum absolute atomic E-state index is 13.0. The van der Waals surface area contributed by atoms with Crippen molar-refractivity contribution in [1.29, 1.82) is 0 Å². The van der Waals surface area contributed by atoms with Gasteiger partial charge >= 0.3 is 6.18 Å². The van der Waals surface area contributed by atoms with Crippen molar-refractivity contribution in [3.05, 3.63) is 34.1 Å². The van der Waals surface area contributed by atoms with Crippen LogP contribution in [-0.4, -0.2) is 16.7 Å². The van der Waals surface area contributed by atoms with Gasteiger partial charge in [0.1, 0.15) is 0 Å². The lowest BCUT2D eigenvalue weighted by atomic mass is 10.1. The zero-order valence-corrected chi connectivity index (χ0v) is 12.0. The lowest BCUT2D eigenvalue weighted by Gasteiger charge is -2.10. The second-order valence-corrected chi connectivity index (χ2v) is 5.20. The van der Waals surface area contributed by atoms with Crippen molar-refractivity contribution in [2.45, 2.75) is 19.0 Å². The van der Waals surface area contributed by atoms with E-state index >= 15 is 0 Å². The highest BCUT2D eigenvalue weighted by Gasteiger charge is 2.35. The van der Waals surface area contributed by atoms with Crippen LogP contribution in [0.3, 0.4) is 0 Å². The Morgan fingerprint density at radius 1 is 1.40 bits per heavy atom. The normalized spacial score (nSPS) is 13.5. The molecule has 2 aromatic rings. The number of nitrogens with two attached hydrogens (primary N) is 1. The summed E-state index contributed by atoms with van der Waals surface area (Å²) in [5, 5.41) is 3.60. The number of hydrogen-bond acceptors (Lipinski definition) is 4. The van der Waals surface area contributed by atoms with E-state index in [0.29, 0.717) is 4.47 Å². The molecule has 4 nitrogen and oxygen atoms in total. The van der Waals surface area contributed by atoms with Gasteiger partial charge in [0.2, 0.25) is 11.7 Å². The molecular weight excluding hydrogens is 339 g/mol. The molecule has 0 fully saturated rings. The Morgan fingerprint density at radius 2 is 2.10 bits per heavy atom. The van der Waals surface area contributed by atoms with Gasteiger partial charge in [0.15, 0.2) is 0 Å². The summed E-state index contributed by atoms with van der Waals surface area (Å²) >= 11 is 3.02. The Balaban J connectivity index is 2.50. The fraction of sp³-hybridized carbons (Fsp3) is 0.333. The summed E-state index contributed by atoms with van der Waals surface area (Å²) in [5.41, 5.74) is 4.51. The predicted octanol–water partition coefficient (Wildman–Crippen LogP) is 3.58. The first-order chi connectivity index (χ1) is 9.32. The third-order valence-electron chi connectivity index (χ3n) is 2.74. The van der Waals surface area contributed by atoms with E-state index in [1.54, 1.807) is 6.92 Å². The lowest BCUT2D eigenvalue weighted by molar-refractivity contribution is -0.137. The molecule has 2 N–H and O–H groups in total. The van der Waals surface area contributed by atoms with Gasteiger partial charge in [-0.15, -0.1) is 0 Å². The third kappa shape index (κ3) is 3.01. The van der Waals surface area contributed by atoms with Gasteiger partial charge in [0, 0.05) is 22.5 Å². The highest BCUT2D eigenvalue weighted by Crippen LogP contribution is 2.37. The fourth-order valence-electron chi connectivity index (χ4n) is 1.59. The van der Waals surface area contributed by atoms with Crippen LogP contribution in [0.1, 0.15) is 24.3 Å². The number of nitrogens with zero attached hydrogens (tertiary/aromatic N) is 2. The molecule has 0 aliphatic rings. The molecule has 20 heavy (non-hydrogen) atoms. The topological polar surface area (TPSA) is 64.9 Å². The standard InChI is InChI=1S/C12H11BrF3N3O/c1-6(5-17)11-18-10(19-20-11)8-3-2-7(13)4-9(8)12(14,15)16/h2-4,6H,5,17H2,1H3. The zero-order chi connectivity index (χ0) is 14.9. The van der Waals surface area contributed by atoms with Crippen LogP contribution in [-0.2, 0) is 6.18 Å². The Morgan fingerprint density at radius 3 is 2.70 bits per heavy atom. The summed E-state index contributed by atoms with van der Waals surface area (Å²) in [6, 6.07) is 3.78. The van der Waals surface area contributed by atoms with Crippen molar-refractivity contribution in [2.24, 2.45) is 5.73 Å². The van der Waals surface area contributed by atoms with Crippen molar-refractivity contribution >= 4 is 15.9 Å². The second-order valence-electron chi connectivity index (χ2n) is 4.28. The summed E-state index contributed by atoms with van der Waals surface area (Å²) < 4.78 is 44.3. The van der Waals surface area contributed by atoms with Gasteiger partial charge in [-0.3, -0.25) is 0 Å². The zero-order valence-electron chi connectivity index (χ0n) is 10.4. The van der Waals surface area contributed by atoms with E-state index < -0.39 is 11.7 Å².